The molecule has 0 saturated heterocycles. The number of hydrogen-bond acceptors (Lipinski definition) is 2. The molecule has 2 nitrogen and oxygen atoms in total. The molecule has 4 aromatic carbocycles. The van der Waals surface area contributed by atoms with Crippen molar-refractivity contribution >= 4 is 227 Å². The fraction of sp³-hybridized carbons (Fsp3) is 0.423. The van der Waals surface area contributed by atoms with Crippen molar-refractivity contribution in [2.24, 2.45) is 47.3 Å². The van der Waals surface area contributed by atoms with Crippen LogP contribution in [0.3, 0.4) is 0 Å². The van der Waals surface area contributed by atoms with Gasteiger partial charge in [-0.05, 0) is 156 Å². The molecule has 7 aliphatic rings. The first kappa shape index (κ1) is 51.3. The van der Waals surface area contributed by atoms with E-state index in [9.17, 15) is 0 Å². The Kier molecular flexibility index (Phi) is 13.2. The van der Waals surface area contributed by atoms with Crippen LogP contribution in [0, 0.1) is 59.7 Å². The lowest BCUT2D eigenvalue weighted by Crippen LogP contribution is -2.58. The van der Waals surface area contributed by atoms with E-state index >= 15 is 0 Å². The van der Waals surface area contributed by atoms with E-state index in [0.717, 1.165) is 44.9 Å². The molecule has 308 valence electrons. The van der Waals surface area contributed by atoms with Crippen molar-refractivity contribution in [1.29, 1.82) is 0 Å². The number of anilines is 2. The number of nitrogens with zero attached hydrogens (tertiary/aromatic N) is 1. The van der Waals surface area contributed by atoms with Gasteiger partial charge in [0.05, 0.1) is 0 Å². The number of hydrogen-bond donors (Lipinski definition) is 0. The number of fused-ring (bicyclic) bond motifs is 5. The fourth-order valence-electron chi connectivity index (χ4n) is 15.1. The quantitative estimate of drug-likeness (QED) is 0.105. The standard InChI is InChI=1S/C52H38B17NO/c1-4-29(53)31(32-36(56)42(62)46(66)43(63)37(32)57)35(55)30(54)17-70(50-48(68)40(60)34(41(61)49(50)69)33-38(58)44(64)47(67)45(65)39(33)59)26-5-6-27-28(16-26)52(24-12-21-10-22(14-24)15-25(52)13-21)71-51(27)19(3)9-20-7-18(2)8-23(51)11-20/h1,5-6,16,18-25H,7-15,17H2,2-3H3/b31-29+,35-30-. The Morgan fingerprint density at radius 3 is 1.51 bits per heavy atom. The Balaban J connectivity index is 1.22. The van der Waals surface area contributed by atoms with Gasteiger partial charge in [-0.15, -0.1) is 44.7 Å². The van der Waals surface area contributed by atoms with Crippen molar-refractivity contribution in [2.75, 3.05) is 11.4 Å². The summed E-state index contributed by atoms with van der Waals surface area (Å²) in [5, 5.41) is 0. The van der Waals surface area contributed by atoms with E-state index in [4.69, 9.17) is 145 Å². The second kappa shape index (κ2) is 18.3. The van der Waals surface area contributed by atoms with Gasteiger partial charge in [-0.2, -0.15) is 0 Å². The van der Waals surface area contributed by atoms with Crippen molar-refractivity contribution in [3.05, 3.63) is 51.3 Å². The first-order valence-corrected chi connectivity index (χ1v) is 24.6. The van der Waals surface area contributed by atoms with Gasteiger partial charge in [0, 0.05) is 17.9 Å². The van der Waals surface area contributed by atoms with Crippen LogP contribution in [0.4, 0.5) is 11.4 Å². The lowest BCUT2D eigenvalue weighted by atomic mass is 9.48. The van der Waals surface area contributed by atoms with Gasteiger partial charge in [0.25, 0.3) is 0 Å². The van der Waals surface area contributed by atoms with Crippen LogP contribution in [0.5, 0.6) is 0 Å². The van der Waals surface area contributed by atoms with E-state index < -0.39 is 11.2 Å². The van der Waals surface area contributed by atoms with E-state index in [1.54, 1.807) is 0 Å². The van der Waals surface area contributed by atoms with Crippen LogP contribution in [0.1, 0.15) is 88.3 Å². The van der Waals surface area contributed by atoms with Crippen LogP contribution in [-0.4, -0.2) is 140 Å². The highest BCUT2D eigenvalue weighted by atomic mass is 16.5. The molecule has 19 heteroatoms. The monoisotopic (exact) mass is 879 g/mol. The molecule has 5 unspecified atom stereocenters. The predicted octanol–water partition coefficient (Wildman–Crippen LogP) is -5.66. The van der Waals surface area contributed by atoms with Crippen molar-refractivity contribution in [2.45, 2.75) is 82.8 Å². The van der Waals surface area contributed by atoms with Gasteiger partial charge in [-0.25, -0.2) is 0 Å². The van der Waals surface area contributed by atoms with Gasteiger partial charge in [0.2, 0.25) is 0 Å². The summed E-state index contributed by atoms with van der Waals surface area (Å²) in [6, 6.07) is 6.57. The molecule has 4 aromatic rings. The first-order chi connectivity index (χ1) is 33.5. The van der Waals surface area contributed by atoms with Crippen LogP contribution in [0.25, 0.3) is 16.7 Å². The highest BCUT2D eigenvalue weighted by molar-refractivity contribution is 6.71. The van der Waals surface area contributed by atoms with Crippen molar-refractivity contribution in [3.63, 3.8) is 0 Å². The van der Waals surface area contributed by atoms with Gasteiger partial charge < -0.3 is 9.64 Å². The number of benzene rings is 4. The summed E-state index contributed by atoms with van der Waals surface area (Å²) >= 11 is 0. The Bertz CT molecular complexity index is 2960. The van der Waals surface area contributed by atoms with Gasteiger partial charge >= 0.3 is 0 Å². The third-order valence-electron chi connectivity index (χ3n) is 18.1. The number of ether oxygens (including phenoxy) is 1. The summed E-state index contributed by atoms with van der Waals surface area (Å²) in [5.41, 5.74) is 2.26. The van der Waals surface area contributed by atoms with Gasteiger partial charge in [-0.1, -0.05) is 75.0 Å². The van der Waals surface area contributed by atoms with Crippen molar-refractivity contribution in [1.82, 2.24) is 0 Å². The molecule has 34 radical (unpaired) electrons. The van der Waals surface area contributed by atoms with Crippen LogP contribution in [0.2, 0.25) is 0 Å². The summed E-state index contributed by atoms with van der Waals surface area (Å²) in [5.74, 6) is 6.47. The highest BCUT2D eigenvalue weighted by Gasteiger charge is 2.69. The van der Waals surface area contributed by atoms with Crippen LogP contribution >= 0.6 is 0 Å². The number of allylic oxidation sites excluding steroid dienone is 3. The molecular weight excluding hydrogens is 838 g/mol. The molecule has 6 bridgehead atoms. The number of rotatable bonds is 7. The molecule has 11 rings (SSSR count). The van der Waals surface area contributed by atoms with Gasteiger partial charge in [-0.3, -0.25) is 0 Å². The van der Waals surface area contributed by atoms with Gasteiger partial charge in [0.15, 0.2) is 0 Å². The molecule has 71 heavy (non-hydrogen) atoms. The Hall–Kier alpha value is -3.22. The summed E-state index contributed by atoms with van der Waals surface area (Å²) in [6.45, 7) is 4.61. The fourth-order valence-corrected chi connectivity index (χ4v) is 15.1. The highest BCUT2D eigenvalue weighted by Crippen LogP contribution is 2.72. The maximum Gasteiger partial charge on any atom is 0.127 e. The average molecular weight is 877 g/mol. The minimum atomic E-state index is -0.517. The second-order valence-corrected chi connectivity index (χ2v) is 22.0. The molecule has 0 N–H and O–H groups in total. The SMILES string of the molecule is [B]/C(CN(c1ccc2c(c1)C1(OC23C(C)CC2CC(C)CC3C2)C2CC3CC(C2)CC1C3)c1c([B])c([B])c(-c2c([B])c([B])c([B])c([B])c2[B])c([B])c1[B])=C([B])/C(=C(/[B])C#C)c1c([B])c([B])c([B])c([B])c1[B]. The summed E-state index contributed by atoms with van der Waals surface area (Å²) < 4.78 is 8.19. The summed E-state index contributed by atoms with van der Waals surface area (Å²) in [4.78, 5) is 1.84. The lowest BCUT2D eigenvalue weighted by molar-refractivity contribution is -0.290. The molecule has 6 fully saturated rings. The predicted molar refractivity (Wildman–Crippen MR) is 313 cm³/mol. The topological polar surface area (TPSA) is 12.5 Å². The van der Waals surface area contributed by atoms with Crippen LogP contribution in [0.15, 0.2) is 34.6 Å². The minimum absolute atomic E-state index is 0.00648. The van der Waals surface area contributed by atoms with Crippen LogP contribution in [-0.2, 0) is 15.9 Å². The molecule has 5 atom stereocenters. The van der Waals surface area contributed by atoms with E-state index in [-0.39, 0.29) is 127 Å². The summed E-state index contributed by atoms with van der Waals surface area (Å²) in [7, 11) is 114. The second-order valence-electron chi connectivity index (χ2n) is 22.0. The molecule has 6 saturated carbocycles. The molecule has 1 aliphatic heterocycles. The smallest absolute Gasteiger partial charge is 0.127 e. The largest absolute Gasteiger partial charge is 0.358 e. The zero-order valence-electron chi connectivity index (χ0n) is 40.7. The maximum atomic E-state index is 8.19. The van der Waals surface area contributed by atoms with E-state index in [1.807, 2.05) is 4.90 Å². The normalized spacial score (nSPS) is 29.7. The molecule has 0 aromatic heterocycles. The summed E-state index contributed by atoms with van der Waals surface area (Å²) in [6.07, 6.45) is 16.4. The van der Waals surface area contributed by atoms with E-state index in [1.165, 1.54) is 24.0 Å². The number of terminal acetylenes is 1. The molecule has 6 aliphatic carbocycles. The van der Waals surface area contributed by atoms with Gasteiger partial charge in [0.1, 0.15) is 145 Å². The van der Waals surface area contributed by atoms with Crippen LogP contribution < -0.4 is 81.4 Å². The third-order valence-corrected chi connectivity index (χ3v) is 18.1. The third kappa shape index (κ3) is 7.46. The Morgan fingerprint density at radius 1 is 0.549 bits per heavy atom. The Labute approximate surface area is 445 Å². The van der Waals surface area contributed by atoms with Crippen molar-refractivity contribution < 1.29 is 4.74 Å². The molecule has 1 heterocycles. The zero-order valence-corrected chi connectivity index (χ0v) is 40.7. The average Bonchev–Trinajstić information content (AvgIpc) is 3.65. The lowest BCUT2D eigenvalue weighted by Gasteiger charge is -2.62. The minimum Gasteiger partial charge on any atom is -0.358 e. The Morgan fingerprint density at radius 2 is 1.00 bits per heavy atom. The van der Waals surface area contributed by atoms with Crippen molar-refractivity contribution in [3.8, 4) is 23.5 Å². The molecule has 2 spiro atoms. The maximum absolute atomic E-state index is 8.19. The first-order valence-electron chi connectivity index (χ1n) is 24.6. The van der Waals surface area contributed by atoms with E-state index in [0.29, 0.717) is 53.0 Å². The zero-order chi connectivity index (χ0) is 51.2. The van der Waals surface area contributed by atoms with E-state index in [2.05, 4.69) is 38.0 Å². The molecular formula is C52H38B17NO. The molecule has 0 amide bonds.